The van der Waals surface area contributed by atoms with Gasteiger partial charge in [-0.2, -0.15) is 0 Å². The molecule has 13 heavy (non-hydrogen) atoms. The molecule has 2 nitrogen and oxygen atoms in total. The first kappa shape index (κ1) is 8.10. The van der Waals surface area contributed by atoms with E-state index in [1.165, 1.54) is 0 Å². The average Bonchev–Trinajstić information content (AvgIpc) is 2.59. The van der Waals surface area contributed by atoms with E-state index in [2.05, 4.69) is 4.98 Å². The molecule has 1 heterocycles. The van der Waals surface area contributed by atoms with Gasteiger partial charge in [0.2, 0.25) is 0 Å². The molecular formula is C10H10FNO. The Morgan fingerprint density at radius 1 is 1.31 bits per heavy atom. The number of rotatable bonds is 2. The zero-order valence-electron chi connectivity index (χ0n) is 7.05. The number of nitrogens with one attached hydrogen (secondary N) is 1. The first-order valence-corrected chi connectivity index (χ1v) is 4.17. The minimum Gasteiger partial charge on any atom is -0.507 e. The molecule has 0 radical (unpaired) electrons. The van der Waals surface area contributed by atoms with E-state index in [4.69, 9.17) is 0 Å². The summed E-state index contributed by atoms with van der Waals surface area (Å²) in [7, 11) is 0. The summed E-state index contributed by atoms with van der Waals surface area (Å²) in [6.45, 7) is -0.376. The summed E-state index contributed by atoms with van der Waals surface area (Å²) in [6, 6.07) is 5.13. The van der Waals surface area contributed by atoms with Crippen LogP contribution in [0.25, 0.3) is 10.9 Å². The molecule has 68 valence electrons. The van der Waals surface area contributed by atoms with Gasteiger partial charge in [-0.25, -0.2) is 0 Å². The summed E-state index contributed by atoms with van der Waals surface area (Å²) < 4.78 is 12.1. The van der Waals surface area contributed by atoms with Gasteiger partial charge in [0.15, 0.2) is 0 Å². The monoisotopic (exact) mass is 179 g/mol. The van der Waals surface area contributed by atoms with E-state index < -0.39 is 0 Å². The Morgan fingerprint density at radius 2 is 2.15 bits per heavy atom. The molecule has 0 bridgehead atoms. The third-order valence-corrected chi connectivity index (χ3v) is 2.15. The predicted octanol–water partition coefficient (Wildman–Crippen LogP) is 2.39. The molecule has 0 aliphatic carbocycles. The quantitative estimate of drug-likeness (QED) is 0.729. The summed E-state index contributed by atoms with van der Waals surface area (Å²) in [6.07, 6.45) is 2.13. The molecule has 1 aromatic carbocycles. The van der Waals surface area contributed by atoms with Crippen molar-refractivity contribution in [1.82, 2.24) is 4.98 Å². The van der Waals surface area contributed by atoms with Crippen molar-refractivity contribution in [3.63, 3.8) is 0 Å². The largest absolute Gasteiger partial charge is 0.507 e. The van der Waals surface area contributed by atoms with Gasteiger partial charge in [0.25, 0.3) is 0 Å². The molecule has 0 saturated carbocycles. The number of aromatic nitrogens is 1. The standard InChI is InChI=1S/C10H10FNO/c11-5-3-7-1-2-9(13)8-4-6-12-10(7)8/h1-2,4,6,12-13H,3,5H2. The lowest BCUT2D eigenvalue weighted by atomic mass is 10.1. The number of halogens is 1. The van der Waals surface area contributed by atoms with Gasteiger partial charge in [-0.15, -0.1) is 0 Å². The van der Waals surface area contributed by atoms with Crippen LogP contribution in [0.1, 0.15) is 5.56 Å². The predicted molar refractivity (Wildman–Crippen MR) is 49.6 cm³/mol. The number of hydrogen-bond acceptors (Lipinski definition) is 1. The number of aromatic hydroxyl groups is 1. The second-order valence-corrected chi connectivity index (χ2v) is 2.95. The summed E-state index contributed by atoms with van der Waals surface area (Å²) in [5, 5.41) is 10.2. The van der Waals surface area contributed by atoms with E-state index in [9.17, 15) is 9.50 Å². The van der Waals surface area contributed by atoms with E-state index in [0.717, 1.165) is 16.5 Å². The highest BCUT2D eigenvalue weighted by atomic mass is 19.1. The average molecular weight is 179 g/mol. The number of phenols is 1. The zero-order valence-corrected chi connectivity index (χ0v) is 7.05. The highest BCUT2D eigenvalue weighted by molar-refractivity contribution is 5.88. The molecule has 0 atom stereocenters. The number of fused-ring (bicyclic) bond motifs is 1. The van der Waals surface area contributed by atoms with Gasteiger partial charge in [0.1, 0.15) is 5.75 Å². The van der Waals surface area contributed by atoms with Gasteiger partial charge >= 0.3 is 0 Å². The van der Waals surface area contributed by atoms with Crippen LogP contribution in [0.4, 0.5) is 4.39 Å². The Kier molecular flexibility index (Phi) is 1.93. The number of H-pyrrole nitrogens is 1. The lowest BCUT2D eigenvalue weighted by molar-refractivity contribution is 0.480. The second-order valence-electron chi connectivity index (χ2n) is 2.95. The summed E-state index contributed by atoms with van der Waals surface area (Å²) >= 11 is 0. The van der Waals surface area contributed by atoms with Crippen LogP contribution in [0.3, 0.4) is 0 Å². The molecule has 0 amide bonds. The lowest BCUT2D eigenvalue weighted by Crippen LogP contribution is -1.88. The van der Waals surface area contributed by atoms with Crippen LogP contribution in [0.15, 0.2) is 24.4 Å². The Bertz CT molecular complexity index is 422. The maximum absolute atomic E-state index is 12.1. The van der Waals surface area contributed by atoms with Crippen molar-refractivity contribution in [3.8, 4) is 5.75 Å². The fourth-order valence-electron chi connectivity index (χ4n) is 1.51. The van der Waals surface area contributed by atoms with Crippen LogP contribution in [0.5, 0.6) is 5.75 Å². The smallest absolute Gasteiger partial charge is 0.124 e. The second kappa shape index (κ2) is 3.09. The van der Waals surface area contributed by atoms with E-state index in [1.54, 1.807) is 24.4 Å². The number of hydrogen-bond donors (Lipinski definition) is 2. The Balaban J connectivity index is 2.64. The first-order chi connectivity index (χ1) is 6.33. The van der Waals surface area contributed by atoms with Gasteiger partial charge in [-0.05, 0) is 17.7 Å². The molecule has 2 rings (SSSR count). The van der Waals surface area contributed by atoms with Gasteiger partial charge in [-0.3, -0.25) is 4.39 Å². The van der Waals surface area contributed by atoms with Crippen molar-refractivity contribution < 1.29 is 9.50 Å². The Morgan fingerprint density at radius 3 is 2.92 bits per heavy atom. The topological polar surface area (TPSA) is 36.0 Å². The van der Waals surface area contributed by atoms with Crippen molar-refractivity contribution in [3.05, 3.63) is 30.0 Å². The molecule has 0 saturated heterocycles. The van der Waals surface area contributed by atoms with Crippen molar-refractivity contribution in [2.45, 2.75) is 6.42 Å². The van der Waals surface area contributed by atoms with Crippen molar-refractivity contribution in [2.24, 2.45) is 0 Å². The molecule has 0 unspecified atom stereocenters. The minimum atomic E-state index is -0.376. The number of aryl methyl sites for hydroxylation is 1. The molecule has 0 spiro atoms. The SMILES string of the molecule is Oc1ccc(CCF)c2[nH]ccc12. The van der Waals surface area contributed by atoms with Crippen LogP contribution < -0.4 is 0 Å². The van der Waals surface area contributed by atoms with E-state index in [0.29, 0.717) is 6.42 Å². The maximum atomic E-state index is 12.1. The number of alkyl halides is 1. The summed E-state index contributed by atoms with van der Waals surface area (Å²) in [5.74, 6) is 0.235. The molecule has 0 aliphatic rings. The van der Waals surface area contributed by atoms with Gasteiger partial charge in [-0.1, -0.05) is 6.07 Å². The summed E-state index contributed by atoms with van der Waals surface area (Å²) in [4.78, 5) is 2.99. The fraction of sp³-hybridized carbons (Fsp3) is 0.200. The van der Waals surface area contributed by atoms with Crippen LogP contribution in [0, 0.1) is 0 Å². The molecule has 3 heteroatoms. The maximum Gasteiger partial charge on any atom is 0.124 e. The van der Waals surface area contributed by atoms with E-state index in [-0.39, 0.29) is 12.4 Å². The highest BCUT2D eigenvalue weighted by Crippen LogP contribution is 2.26. The normalized spacial score (nSPS) is 10.8. The van der Waals surface area contributed by atoms with Crippen LogP contribution >= 0.6 is 0 Å². The van der Waals surface area contributed by atoms with Crippen molar-refractivity contribution in [1.29, 1.82) is 0 Å². The summed E-state index contributed by atoms with van der Waals surface area (Å²) in [5.41, 5.74) is 1.73. The molecule has 2 N–H and O–H groups in total. The van der Waals surface area contributed by atoms with E-state index in [1.807, 2.05) is 0 Å². The van der Waals surface area contributed by atoms with Crippen LogP contribution in [-0.4, -0.2) is 16.8 Å². The van der Waals surface area contributed by atoms with Crippen molar-refractivity contribution in [2.75, 3.05) is 6.67 Å². The fourth-order valence-corrected chi connectivity index (χ4v) is 1.51. The molecule has 0 aliphatic heterocycles. The molecule has 1 aromatic heterocycles. The van der Waals surface area contributed by atoms with Gasteiger partial charge < -0.3 is 10.1 Å². The highest BCUT2D eigenvalue weighted by Gasteiger charge is 2.05. The third-order valence-electron chi connectivity index (χ3n) is 2.15. The zero-order chi connectivity index (χ0) is 9.26. The third kappa shape index (κ3) is 1.26. The van der Waals surface area contributed by atoms with Crippen LogP contribution in [0.2, 0.25) is 0 Å². The molecule has 2 aromatic rings. The number of aromatic amines is 1. The minimum absolute atomic E-state index is 0.235. The van der Waals surface area contributed by atoms with Crippen LogP contribution in [-0.2, 0) is 6.42 Å². The molecular weight excluding hydrogens is 169 g/mol. The number of phenolic OH excluding ortho intramolecular Hbond substituents is 1. The molecule has 0 fully saturated rings. The lowest BCUT2D eigenvalue weighted by Gasteiger charge is -2.01. The first-order valence-electron chi connectivity index (χ1n) is 4.17. The van der Waals surface area contributed by atoms with Gasteiger partial charge in [0.05, 0.1) is 12.2 Å². The Labute approximate surface area is 75.0 Å². The van der Waals surface area contributed by atoms with Gasteiger partial charge in [0, 0.05) is 18.0 Å². The number of benzene rings is 1. The van der Waals surface area contributed by atoms with Crippen molar-refractivity contribution >= 4 is 10.9 Å². The van der Waals surface area contributed by atoms with E-state index >= 15 is 0 Å². The Hall–Kier alpha value is -1.51.